The van der Waals surface area contributed by atoms with Gasteiger partial charge in [0.25, 0.3) is 5.91 Å². The molecule has 1 amide bonds. The van der Waals surface area contributed by atoms with Crippen LogP contribution in [0.25, 0.3) is 10.9 Å². The van der Waals surface area contributed by atoms with Crippen LogP contribution in [0.5, 0.6) is 0 Å². The van der Waals surface area contributed by atoms with Crippen molar-refractivity contribution in [1.82, 2.24) is 9.88 Å². The quantitative estimate of drug-likeness (QED) is 0.715. The van der Waals surface area contributed by atoms with Gasteiger partial charge in [0.2, 0.25) is 0 Å². The SMILES string of the molecule is Cc1ccc(CN(C)C(=O)COC(=O)c2c[nH]c3ccccc23)c(C)c1. The number of rotatable bonds is 5. The van der Waals surface area contributed by atoms with Gasteiger partial charge < -0.3 is 14.6 Å². The van der Waals surface area contributed by atoms with Gasteiger partial charge in [0.15, 0.2) is 6.61 Å². The molecule has 0 saturated heterocycles. The largest absolute Gasteiger partial charge is 0.452 e. The van der Waals surface area contributed by atoms with Crippen LogP contribution >= 0.6 is 0 Å². The molecule has 0 saturated carbocycles. The third-order valence-electron chi connectivity index (χ3n) is 4.47. The number of nitrogens with one attached hydrogen (secondary N) is 1. The number of hydrogen-bond acceptors (Lipinski definition) is 3. The minimum Gasteiger partial charge on any atom is -0.452 e. The van der Waals surface area contributed by atoms with Gasteiger partial charge in [0.05, 0.1) is 5.56 Å². The summed E-state index contributed by atoms with van der Waals surface area (Å²) >= 11 is 0. The molecule has 5 heteroatoms. The topological polar surface area (TPSA) is 62.4 Å². The van der Waals surface area contributed by atoms with Crippen LogP contribution in [-0.2, 0) is 16.1 Å². The summed E-state index contributed by atoms with van der Waals surface area (Å²) in [5.41, 5.74) is 4.70. The highest BCUT2D eigenvalue weighted by Gasteiger charge is 2.17. The lowest BCUT2D eigenvalue weighted by Crippen LogP contribution is -2.31. The van der Waals surface area contributed by atoms with E-state index in [4.69, 9.17) is 4.74 Å². The zero-order valence-corrected chi connectivity index (χ0v) is 15.2. The highest BCUT2D eigenvalue weighted by Crippen LogP contribution is 2.18. The molecule has 0 bridgehead atoms. The van der Waals surface area contributed by atoms with Crippen molar-refractivity contribution >= 4 is 22.8 Å². The Balaban J connectivity index is 1.60. The van der Waals surface area contributed by atoms with E-state index in [0.29, 0.717) is 12.1 Å². The number of amides is 1. The first kappa shape index (κ1) is 17.7. The van der Waals surface area contributed by atoms with E-state index < -0.39 is 5.97 Å². The lowest BCUT2D eigenvalue weighted by atomic mass is 10.1. The number of hydrogen-bond donors (Lipinski definition) is 1. The Morgan fingerprint density at radius 1 is 1.12 bits per heavy atom. The maximum atomic E-state index is 12.3. The predicted octanol–water partition coefficient (Wildman–Crippen LogP) is 3.60. The lowest BCUT2D eigenvalue weighted by molar-refractivity contribution is -0.133. The third-order valence-corrected chi connectivity index (χ3v) is 4.47. The number of carbonyl (C=O) groups excluding carboxylic acids is 2. The number of likely N-dealkylation sites (N-methyl/N-ethyl adjacent to an activating group) is 1. The van der Waals surface area contributed by atoms with Crippen molar-refractivity contribution in [3.05, 3.63) is 70.9 Å². The molecule has 5 nitrogen and oxygen atoms in total. The van der Waals surface area contributed by atoms with Gasteiger partial charge in [-0.3, -0.25) is 4.79 Å². The van der Waals surface area contributed by atoms with E-state index in [1.165, 1.54) is 5.56 Å². The van der Waals surface area contributed by atoms with E-state index in [2.05, 4.69) is 11.1 Å². The normalized spacial score (nSPS) is 10.7. The molecule has 0 spiro atoms. The number of aryl methyl sites for hydroxylation is 2. The van der Waals surface area contributed by atoms with Crippen LogP contribution < -0.4 is 0 Å². The molecule has 134 valence electrons. The Kier molecular flexibility index (Phi) is 5.07. The molecule has 0 radical (unpaired) electrons. The van der Waals surface area contributed by atoms with Crippen LogP contribution in [0.15, 0.2) is 48.7 Å². The predicted molar refractivity (Wildman–Crippen MR) is 101 cm³/mol. The van der Waals surface area contributed by atoms with Gasteiger partial charge in [-0.05, 0) is 31.0 Å². The zero-order chi connectivity index (χ0) is 18.7. The Labute approximate surface area is 152 Å². The van der Waals surface area contributed by atoms with Crippen molar-refractivity contribution in [2.24, 2.45) is 0 Å². The van der Waals surface area contributed by atoms with Gasteiger partial charge in [-0.1, -0.05) is 42.0 Å². The van der Waals surface area contributed by atoms with Gasteiger partial charge in [0.1, 0.15) is 0 Å². The fourth-order valence-corrected chi connectivity index (χ4v) is 2.92. The Hall–Kier alpha value is -3.08. The molecule has 26 heavy (non-hydrogen) atoms. The summed E-state index contributed by atoms with van der Waals surface area (Å²) in [4.78, 5) is 29.2. The number of carbonyl (C=O) groups is 2. The second kappa shape index (κ2) is 7.44. The minimum absolute atomic E-state index is 0.238. The Morgan fingerprint density at radius 3 is 2.65 bits per heavy atom. The number of nitrogens with zero attached hydrogens (tertiary/aromatic N) is 1. The number of benzene rings is 2. The second-order valence-corrected chi connectivity index (χ2v) is 6.50. The Bertz CT molecular complexity index is 959. The van der Waals surface area contributed by atoms with E-state index in [-0.39, 0.29) is 12.5 Å². The van der Waals surface area contributed by atoms with Crippen LogP contribution in [0, 0.1) is 13.8 Å². The maximum absolute atomic E-state index is 12.3. The molecule has 1 heterocycles. The molecule has 1 aromatic heterocycles. The van der Waals surface area contributed by atoms with Crippen LogP contribution in [0.2, 0.25) is 0 Å². The van der Waals surface area contributed by atoms with E-state index in [1.807, 2.05) is 50.2 Å². The van der Waals surface area contributed by atoms with Crippen LogP contribution in [0.4, 0.5) is 0 Å². The lowest BCUT2D eigenvalue weighted by Gasteiger charge is -2.18. The number of aromatic nitrogens is 1. The molecular formula is C21H22N2O3. The van der Waals surface area contributed by atoms with Crippen molar-refractivity contribution in [3.63, 3.8) is 0 Å². The molecule has 0 fully saturated rings. The molecule has 1 N–H and O–H groups in total. The monoisotopic (exact) mass is 350 g/mol. The molecule has 0 unspecified atom stereocenters. The average molecular weight is 350 g/mol. The number of ether oxygens (including phenoxy) is 1. The van der Waals surface area contributed by atoms with Crippen molar-refractivity contribution < 1.29 is 14.3 Å². The fourth-order valence-electron chi connectivity index (χ4n) is 2.92. The van der Waals surface area contributed by atoms with Crippen LogP contribution in [0.1, 0.15) is 27.0 Å². The van der Waals surface area contributed by atoms with E-state index in [9.17, 15) is 9.59 Å². The standard InChI is InChI=1S/C21H22N2O3/c1-14-8-9-16(15(2)10-14)12-23(3)20(24)13-26-21(25)18-11-22-19-7-5-4-6-17(18)19/h4-11,22H,12-13H2,1-3H3. The summed E-state index contributed by atoms with van der Waals surface area (Å²) in [5.74, 6) is -0.742. The summed E-state index contributed by atoms with van der Waals surface area (Å²) in [5, 5.41) is 0.786. The van der Waals surface area contributed by atoms with Crippen LogP contribution in [-0.4, -0.2) is 35.4 Å². The number of aromatic amines is 1. The summed E-state index contributed by atoms with van der Waals surface area (Å²) in [6, 6.07) is 13.6. The average Bonchev–Trinajstić information content (AvgIpc) is 3.06. The van der Waals surface area contributed by atoms with E-state index in [0.717, 1.165) is 22.0 Å². The minimum atomic E-state index is -0.504. The maximum Gasteiger partial charge on any atom is 0.340 e. The highest BCUT2D eigenvalue weighted by molar-refractivity contribution is 6.04. The highest BCUT2D eigenvalue weighted by atomic mass is 16.5. The molecule has 0 aliphatic carbocycles. The number of H-pyrrole nitrogens is 1. The van der Waals surface area contributed by atoms with Gasteiger partial charge in [-0.25, -0.2) is 4.79 Å². The molecular weight excluding hydrogens is 328 g/mol. The first-order chi connectivity index (χ1) is 12.5. The molecule has 3 aromatic rings. The summed E-state index contributed by atoms with van der Waals surface area (Å²) < 4.78 is 5.21. The first-order valence-corrected chi connectivity index (χ1v) is 8.49. The summed E-state index contributed by atoms with van der Waals surface area (Å²) in [6.45, 7) is 4.27. The van der Waals surface area contributed by atoms with Gasteiger partial charge >= 0.3 is 5.97 Å². The zero-order valence-electron chi connectivity index (χ0n) is 15.2. The molecule has 0 aliphatic rings. The smallest absolute Gasteiger partial charge is 0.340 e. The molecule has 2 aromatic carbocycles. The first-order valence-electron chi connectivity index (χ1n) is 8.49. The summed E-state index contributed by atoms with van der Waals surface area (Å²) in [7, 11) is 1.71. The van der Waals surface area contributed by atoms with E-state index in [1.54, 1.807) is 18.1 Å². The van der Waals surface area contributed by atoms with Gasteiger partial charge in [-0.2, -0.15) is 0 Å². The summed E-state index contributed by atoms with van der Waals surface area (Å²) in [6.07, 6.45) is 1.61. The van der Waals surface area contributed by atoms with Crippen molar-refractivity contribution in [2.45, 2.75) is 20.4 Å². The number of para-hydroxylation sites is 1. The fraction of sp³-hybridized carbons (Fsp3) is 0.238. The molecule has 3 rings (SSSR count). The van der Waals surface area contributed by atoms with Gasteiger partial charge in [0, 0.05) is 30.7 Å². The second-order valence-electron chi connectivity index (χ2n) is 6.50. The van der Waals surface area contributed by atoms with Crippen molar-refractivity contribution in [1.29, 1.82) is 0 Å². The van der Waals surface area contributed by atoms with Crippen molar-refractivity contribution in [3.8, 4) is 0 Å². The Morgan fingerprint density at radius 2 is 1.88 bits per heavy atom. The molecule has 0 atom stereocenters. The third kappa shape index (κ3) is 3.77. The van der Waals surface area contributed by atoms with E-state index >= 15 is 0 Å². The number of fused-ring (bicyclic) bond motifs is 1. The van der Waals surface area contributed by atoms with Gasteiger partial charge in [-0.15, -0.1) is 0 Å². The molecule has 0 aliphatic heterocycles. The van der Waals surface area contributed by atoms with Crippen molar-refractivity contribution in [2.75, 3.05) is 13.7 Å². The van der Waals surface area contributed by atoms with Crippen LogP contribution in [0.3, 0.4) is 0 Å². The number of esters is 1.